The molecule has 0 aromatic rings. The van der Waals surface area contributed by atoms with Crippen LogP contribution in [0.15, 0.2) is 12.2 Å². The molecule has 0 fully saturated rings. The molecule has 0 saturated carbocycles. The Hall–Kier alpha value is -0.0200. The number of carbonyl (C=O) groups is 3. The molecule has 0 aliphatic heterocycles. The number of unbranched alkanes of at least 4 members (excludes halogenated alkanes) is 11. The third-order valence-electron chi connectivity index (χ3n) is 6.07. The second kappa shape index (κ2) is 24.4. The molecule has 0 heterocycles. The zero-order chi connectivity index (χ0) is 29.1. The molecule has 0 aliphatic carbocycles. The molecule has 0 bridgehead atoms. The van der Waals surface area contributed by atoms with Crippen molar-refractivity contribution in [3.05, 3.63) is 12.2 Å². The molecule has 1 amide bonds. The summed E-state index contributed by atoms with van der Waals surface area (Å²) in [5, 5.41) is 25.7. The first-order valence-electron chi connectivity index (χ1n) is 13.6. The van der Waals surface area contributed by atoms with E-state index < -0.39 is 51.8 Å². The second-order valence-corrected chi connectivity index (χ2v) is 10.6. The minimum Gasteiger partial charge on any atom is -0.546 e. The van der Waals surface area contributed by atoms with Crippen molar-refractivity contribution in [3.63, 3.8) is 0 Å². The third kappa shape index (κ3) is 14.4. The van der Waals surface area contributed by atoms with E-state index >= 15 is 0 Å². The first-order chi connectivity index (χ1) is 18.0. The number of aliphatic carboxylic acids is 2. The average Bonchev–Trinajstić information content (AvgIpc) is 2.83. The van der Waals surface area contributed by atoms with E-state index in [0.29, 0.717) is 12.8 Å². The largest absolute Gasteiger partial charge is 1.00 e. The Morgan fingerprint density at radius 1 is 0.750 bits per heavy atom. The minimum atomic E-state index is -5.86. The minimum absolute atomic E-state index is 0. The zero-order valence-corrected chi connectivity index (χ0v) is 29.8. The number of amides is 1. The van der Waals surface area contributed by atoms with Crippen molar-refractivity contribution in [1.29, 1.82) is 0 Å². The molecule has 2 N–H and O–H groups in total. The fourth-order valence-electron chi connectivity index (χ4n) is 4.16. The number of allylic oxidation sites excluding steroid dienone is 2. The van der Waals surface area contributed by atoms with Crippen LogP contribution in [-0.4, -0.2) is 54.7 Å². The molecule has 0 aromatic heterocycles. The fourth-order valence-corrected chi connectivity index (χ4v) is 5.19. The first-order valence-corrected chi connectivity index (χ1v) is 15.0. The second-order valence-electron chi connectivity index (χ2n) is 9.10. The summed E-state index contributed by atoms with van der Waals surface area (Å²) < 4.78 is 43.4. The van der Waals surface area contributed by atoms with Gasteiger partial charge in [0, 0.05) is 19.6 Å². The van der Waals surface area contributed by atoms with Crippen LogP contribution in [-0.2, 0) is 34.0 Å². The number of hydrogen-bond acceptors (Lipinski definition) is 9. The maximum Gasteiger partial charge on any atom is 1.00 e. The topological polar surface area (TPSA) is 182 Å². The predicted molar refractivity (Wildman–Crippen MR) is 138 cm³/mol. The Morgan fingerprint density at radius 2 is 1.20 bits per heavy atom. The quantitative estimate of drug-likeness (QED) is 0.0360. The maximum atomic E-state index is 12.5. The van der Waals surface area contributed by atoms with E-state index in [0.717, 1.165) is 39.0 Å². The maximum absolute atomic E-state index is 12.5. The van der Waals surface area contributed by atoms with Crippen molar-refractivity contribution < 1.29 is 106 Å². The van der Waals surface area contributed by atoms with Gasteiger partial charge in [-0.2, -0.15) is 8.42 Å². The first kappa shape index (κ1) is 44.4. The molecule has 0 rings (SSSR count). The summed E-state index contributed by atoms with van der Waals surface area (Å²) in [4.78, 5) is 32.4. The zero-order valence-electron chi connectivity index (χ0n) is 25.0. The number of carboxylic acid groups (broad SMARTS) is 2. The summed E-state index contributed by atoms with van der Waals surface area (Å²) in [7, 11) is -5.86. The summed E-state index contributed by atoms with van der Waals surface area (Å²) in [6, 6.07) is 0. The van der Waals surface area contributed by atoms with E-state index in [4.69, 9.17) is 9.47 Å². The van der Waals surface area contributed by atoms with Crippen LogP contribution >= 0.6 is 0 Å². The van der Waals surface area contributed by atoms with Crippen molar-refractivity contribution in [2.75, 3.05) is 13.2 Å². The van der Waals surface area contributed by atoms with Crippen LogP contribution in [0.4, 0.5) is 0 Å². The smallest absolute Gasteiger partial charge is 0.546 e. The molecule has 14 heteroatoms. The molecular formula is C26H45NNa2O10S. The van der Waals surface area contributed by atoms with Crippen molar-refractivity contribution in [2.24, 2.45) is 0 Å². The number of nitrogens with one attached hydrogen (secondary N) is 1. The monoisotopic (exact) mass is 609 g/mol. The summed E-state index contributed by atoms with van der Waals surface area (Å²) in [6.07, 6.45) is 17.6. The molecule has 0 spiro atoms. The number of ether oxygens (including phenoxy) is 2. The molecule has 2 atom stereocenters. The Morgan fingerprint density at radius 3 is 1.60 bits per heavy atom. The standard InChI is InChI=1S/C26H47NO10S.2Na/c1-4-7-8-9-10-11-12-13-14-15-16-17-18-19-20-21-22(28)27-25(23(29)30,36-5-2)26(24(31)32,37-6-3)38(33,34)35;;/h13-14H,4-12,15-21H2,1-3H3,(H,27,28)(H,29,30)(H,31,32)(H,33,34,35);;/q;2*+1/p-2/b14-13-;;. The molecule has 11 nitrogen and oxygen atoms in total. The van der Waals surface area contributed by atoms with Gasteiger partial charge in [0.25, 0.3) is 4.93 Å². The van der Waals surface area contributed by atoms with Crippen LogP contribution < -0.4 is 74.6 Å². The van der Waals surface area contributed by atoms with Crippen LogP contribution in [0.5, 0.6) is 0 Å². The van der Waals surface area contributed by atoms with Crippen molar-refractivity contribution in [1.82, 2.24) is 5.32 Å². The summed E-state index contributed by atoms with van der Waals surface area (Å²) in [5.41, 5.74) is -3.59. The van der Waals surface area contributed by atoms with E-state index in [2.05, 4.69) is 19.1 Å². The van der Waals surface area contributed by atoms with E-state index in [1.165, 1.54) is 45.4 Å². The molecule has 0 aliphatic rings. The Kier molecular flexibility index (Phi) is 27.1. The molecular weight excluding hydrogens is 564 g/mol. The van der Waals surface area contributed by atoms with Crippen molar-refractivity contribution in [2.45, 2.75) is 121 Å². The van der Waals surface area contributed by atoms with Crippen LogP contribution in [0.25, 0.3) is 0 Å². The summed E-state index contributed by atoms with van der Waals surface area (Å²) in [5.74, 6) is -6.09. The number of carboxylic acids is 2. The van der Waals surface area contributed by atoms with E-state index in [9.17, 15) is 37.6 Å². The van der Waals surface area contributed by atoms with Gasteiger partial charge in [-0.3, -0.25) is 9.35 Å². The average molecular weight is 610 g/mol. The van der Waals surface area contributed by atoms with Gasteiger partial charge in [-0.25, -0.2) is 0 Å². The van der Waals surface area contributed by atoms with Gasteiger partial charge in [0.2, 0.25) is 11.6 Å². The van der Waals surface area contributed by atoms with Crippen LogP contribution in [0, 0.1) is 0 Å². The predicted octanol–water partition coefficient (Wildman–Crippen LogP) is -4.00. The van der Waals surface area contributed by atoms with Crippen LogP contribution in [0.1, 0.15) is 111 Å². The van der Waals surface area contributed by atoms with Gasteiger partial charge in [0.1, 0.15) is 0 Å². The van der Waals surface area contributed by atoms with Gasteiger partial charge < -0.3 is 34.6 Å². The molecule has 0 radical (unpaired) electrons. The number of carbonyl (C=O) groups excluding carboxylic acids is 3. The normalized spacial score (nSPS) is 14.4. The van der Waals surface area contributed by atoms with Gasteiger partial charge >= 0.3 is 69.2 Å². The van der Waals surface area contributed by atoms with Gasteiger partial charge in [-0.1, -0.05) is 70.4 Å². The molecule has 222 valence electrons. The van der Waals surface area contributed by atoms with E-state index in [1.54, 1.807) is 5.32 Å². The Labute approximate surface area is 283 Å². The molecule has 0 aromatic carbocycles. The fraction of sp³-hybridized carbons (Fsp3) is 0.808. The van der Waals surface area contributed by atoms with Crippen molar-refractivity contribution in [3.8, 4) is 0 Å². The van der Waals surface area contributed by atoms with Gasteiger partial charge in [-0.05, 0) is 46.0 Å². The van der Waals surface area contributed by atoms with Crippen LogP contribution in [0.3, 0.4) is 0 Å². The SMILES string of the molecule is CCCCCCCC/C=C\CCCCCCCC(=O)NC(OCC)(C(=O)[O-])C(OCC)(C(=O)[O-])S(=O)(=O)O.[Na+].[Na+]. The van der Waals surface area contributed by atoms with E-state index in [1.807, 2.05) is 0 Å². The number of rotatable bonds is 24. The van der Waals surface area contributed by atoms with Gasteiger partial charge in [-0.15, -0.1) is 0 Å². The van der Waals surface area contributed by atoms with E-state index in [-0.39, 0.29) is 65.5 Å². The summed E-state index contributed by atoms with van der Waals surface area (Å²) in [6.45, 7) is 3.34. The summed E-state index contributed by atoms with van der Waals surface area (Å²) >= 11 is 0. The van der Waals surface area contributed by atoms with Crippen LogP contribution in [0.2, 0.25) is 0 Å². The third-order valence-corrected chi connectivity index (χ3v) is 7.37. The van der Waals surface area contributed by atoms with Gasteiger partial charge in [0.15, 0.2) is 0 Å². The Bertz CT molecular complexity index is 856. The van der Waals surface area contributed by atoms with Crippen molar-refractivity contribution >= 4 is 28.0 Å². The molecule has 2 unspecified atom stereocenters. The molecule has 40 heavy (non-hydrogen) atoms. The Balaban J connectivity index is -0.00000684. The molecule has 0 saturated heterocycles. The van der Waals surface area contributed by atoms with Gasteiger partial charge in [0.05, 0.1) is 11.9 Å². The number of hydrogen-bond donors (Lipinski definition) is 2.